The van der Waals surface area contributed by atoms with E-state index >= 15 is 0 Å². The van der Waals surface area contributed by atoms with Crippen LogP contribution in [0.2, 0.25) is 0 Å². The number of hydrogen-bond donors (Lipinski definition) is 0. The third-order valence-corrected chi connectivity index (χ3v) is 2.84. The SMILES string of the molecule is COC(=O)c1ccc(C#CCC(=O)OC(C)(C)C)s1. The van der Waals surface area contributed by atoms with E-state index in [4.69, 9.17) is 4.74 Å². The molecule has 0 saturated carbocycles. The Hall–Kier alpha value is -1.80. The first-order chi connectivity index (χ1) is 8.81. The van der Waals surface area contributed by atoms with Crippen LogP contribution in [0.4, 0.5) is 0 Å². The van der Waals surface area contributed by atoms with E-state index in [1.165, 1.54) is 18.4 Å². The smallest absolute Gasteiger partial charge is 0.348 e. The summed E-state index contributed by atoms with van der Waals surface area (Å²) >= 11 is 1.23. The zero-order valence-corrected chi connectivity index (χ0v) is 12.2. The minimum absolute atomic E-state index is 0.0305. The van der Waals surface area contributed by atoms with Gasteiger partial charge in [0.15, 0.2) is 0 Å². The van der Waals surface area contributed by atoms with Crippen LogP contribution in [0.15, 0.2) is 12.1 Å². The predicted molar refractivity (Wildman–Crippen MR) is 73.0 cm³/mol. The fraction of sp³-hybridized carbons (Fsp3) is 0.429. The van der Waals surface area contributed by atoms with Crippen molar-refractivity contribution in [2.75, 3.05) is 7.11 Å². The summed E-state index contributed by atoms with van der Waals surface area (Å²) in [5.74, 6) is 4.81. The van der Waals surface area contributed by atoms with Crippen molar-refractivity contribution in [3.05, 3.63) is 21.9 Å². The van der Waals surface area contributed by atoms with Gasteiger partial charge in [0.25, 0.3) is 0 Å². The Bertz CT molecular complexity index is 526. The number of carbonyl (C=O) groups is 2. The van der Waals surface area contributed by atoms with E-state index in [2.05, 4.69) is 16.6 Å². The van der Waals surface area contributed by atoms with Crippen molar-refractivity contribution in [2.24, 2.45) is 0 Å². The topological polar surface area (TPSA) is 52.6 Å². The molecule has 0 spiro atoms. The third-order valence-electron chi connectivity index (χ3n) is 1.86. The van der Waals surface area contributed by atoms with Gasteiger partial charge in [0.1, 0.15) is 16.9 Å². The number of carbonyl (C=O) groups excluding carboxylic acids is 2. The maximum atomic E-state index is 11.4. The molecule has 5 heteroatoms. The molecule has 0 N–H and O–H groups in total. The molecule has 1 aromatic heterocycles. The predicted octanol–water partition coefficient (Wildman–Crippen LogP) is 2.62. The van der Waals surface area contributed by atoms with Gasteiger partial charge in [-0.25, -0.2) is 4.79 Å². The summed E-state index contributed by atoms with van der Waals surface area (Å²) in [6.45, 7) is 5.42. The average molecular weight is 280 g/mol. The molecule has 1 rings (SSSR count). The molecule has 0 aromatic carbocycles. The molecule has 1 heterocycles. The lowest BCUT2D eigenvalue weighted by atomic mass is 10.2. The second kappa shape index (κ2) is 6.39. The van der Waals surface area contributed by atoms with Gasteiger partial charge < -0.3 is 9.47 Å². The zero-order valence-electron chi connectivity index (χ0n) is 11.4. The molecule has 0 amide bonds. The standard InChI is InChI=1S/C14H16O4S/c1-14(2,3)18-12(15)7-5-6-10-8-9-11(19-10)13(16)17-4/h8-9H,7H2,1-4H3. The summed E-state index contributed by atoms with van der Waals surface area (Å²) in [7, 11) is 1.33. The molecule has 19 heavy (non-hydrogen) atoms. The molecule has 0 fully saturated rings. The summed E-state index contributed by atoms with van der Waals surface area (Å²) < 4.78 is 9.72. The van der Waals surface area contributed by atoms with Crippen LogP contribution in [-0.2, 0) is 14.3 Å². The first-order valence-electron chi connectivity index (χ1n) is 5.70. The van der Waals surface area contributed by atoms with Crippen LogP contribution in [0, 0.1) is 11.8 Å². The van der Waals surface area contributed by atoms with Gasteiger partial charge in [-0.1, -0.05) is 11.8 Å². The van der Waals surface area contributed by atoms with Gasteiger partial charge in [-0.05, 0) is 32.9 Å². The molecule has 0 saturated heterocycles. The van der Waals surface area contributed by atoms with Crippen molar-refractivity contribution in [3.63, 3.8) is 0 Å². The van der Waals surface area contributed by atoms with Crippen LogP contribution in [0.5, 0.6) is 0 Å². The molecule has 1 aromatic rings. The number of methoxy groups -OCH3 is 1. The second-order valence-electron chi connectivity index (χ2n) is 4.72. The monoisotopic (exact) mass is 280 g/mol. The van der Waals surface area contributed by atoms with Gasteiger partial charge in [-0.3, -0.25) is 4.79 Å². The Kier molecular flexibility index (Phi) is 5.13. The number of rotatable bonds is 2. The molecule has 102 valence electrons. The summed E-state index contributed by atoms with van der Waals surface area (Å²) in [5.41, 5.74) is -0.500. The Morgan fingerprint density at radius 1 is 1.32 bits per heavy atom. The van der Waals surface area contributed by atoms with Gasteiger partial charge in [-0.15, -0.1) is 11.3 Å². The largest absolute Gasteiger partial charge is 0.465 e. The first kappa shape index (κ1) is 15.3. The van der Waals surface area contributed by atoms with E-state index in [1.54, 1.807) is 32.9 Å². The van der Waals surface area contributed by atoms with Crippen molar-refractivity contribution in [1.29, 1.82) is 0 Å². The Morgan fingerprint density at radius 2 is 2.00 bits per heavy atom. The molecule has 0 aliphatic rings. The van der Waals surface area contributed by atoms with Crippen molar-refractivity contribution >= 4 is 23.3 Å². The molecule has 0 radical (unpaired) electrons. The molecule has 0 atom stereocenters. The van der Waals surface area contributed by atoms with Crippen LogP contribution >= 0.6 is 11.3 Å². The third kappa shape index (κ3) is 5.58. The molecule has 4 nitrogen and oxygen atoms in total. The van der Waals surface area contributed by atoms with Crippen molar-refractivity contribution in [3.8, 4) is 11.8 Å². The lowest BCUT2D eigenvalue weighted by Crippen LogP contribution is -2.23. The lowest BCUT2D eigenvalue weighted by Gasteiger charge is -2.18. The molecule has 0 bridgehead atoms. The fourth-order valence-corrected chi connectivity index (χ4v) is 2.00. The number of hydrogen-bond acceptors (Lipinski definition) is 5. The Morgan fingerprint density at radius 3 is 2.58 bits per heavy atom. The fourth-order valence-electron chi connectivity index (χ4n) is 1.20. The van der Waals surface area contributed by atoms with Crippen molar-refractivity contribution < 1.29 is 19.1 Å². The van der Waals surface area contributed by atoms with Gasteiger partial charge in [-0.2, -0.15) is 0 Å². The highest BCUT2D eigenvalue weighted by atomic mass is 32.1. The summed E-state index contributed by atoms with van der Waals surface area (Å²) in [5, 5.41) is 0. The lowest BCUT2D eigenvalue weighted by molar-refractivity contribution is -0.153. The number of thiophene rings is 1. The highest BCUT2D eigenvalue weighted by molar-refractivity contribution is 7.14. The van der Waals surface area contributed by atoms with E-state index in [1.807, 2.05) is 0 Å². The van der Waals surface area contributed by atoms with Gasteiger partial charge >= 0.3 is 11.9 Å². The molecular formula is C14H16O4S. The molecule has 0 aliphatic heterocycles. The zero-order chi connectivity index (χ0) is 14.5. The first-order valence-corrected chi connectivity index (χ1v) is 6.52. The van der Waals surface area contributed by atoms with Crippen LogP contribution in [0.3, 0.4) is 0 Å². The van der Waals surface area contributed by atoms with Gasteiger partial charge in [0.2, 0.25) is 0 Å². The maximum Gasteiger partial charge on any atom is 0.348 e. The summed E-state index contributed by atoms with van der Waals surface area (Å²) in [6.07, 6.45) is 0.0305. The van der Waals surface area contributed by atoms with Crippen molar-refractivity contribution in [1.82, 2.24) is 0 Å². The Labute approximate surface area is 116 Å². The second-order valence-corrected chi connectivity index (χ2v) is 5.80. The number of ether oxygens (including phenoxy) is 2. The van der Waals surface area contributed by atoms with Crippen LogP contribution in [0.25, 0.3) is 0 Å². The molecule has 0 aliphatic carbocycles. The van der Waals surface area contributed by atoms with Crippen LogP contribution in [0.1, 0.15) is 41.7 Å². The number of esters is 2. The highest BCUT2D eigenvalue weighted by Crippen LogP contribution is 2.16. The Balaban J connectivity index is 2.57. The van der Waals surface area contributed by atoms with E-state index in [9.17, 15) is 9.59 Å². The molecule has 0 unspecified atom stereocenters. The van der Waals surface area contributed by atoms with E-state index < -0.39 is 5.60 Å². The highest BCUT2D eigenvalue weighted by Gasteiger charge is 2.15. The van der Waals surface area contributed by atoms with Crippen molar-refractivity contribution in [2.45, 2.75) is 32.8 Å². The van der Waals surface area contributed by atoms with Gasteiger partial charge in [0, 0.05) is 0 Å². The maximum absolute atomic E-state index is 11.4. The minimum Gasteiger partial charge on any atom is -0.465 e. The summed E-state index contributed by atoms with van der Waals surface area (Å²) in [6, 6.07) is 3.37. The van der Waals surface area contributed by atoms with E-state index in [0.717, 1.165) is 0 Å². The van der Waals surface area contributed by atoms with Crippen LogP contribution < -0.4 is 0 Å². The molecular weight excluding hydrogens is 264 g/mol. The summed E-state index contributed by atoms with van der Waals surface area (Å²) in [4.78, 5) is 23.8. The van der Waals surface area contributed by atoms with E-state index in [-0.39, 0.29) is 18.4 Å². The van der Waals surface area contributed by atoms with Crippen LogP contribution in [-0.4, -0.2) is 24.6 Å². The quantitative estimate of drug-likeness (QED) is 0.617. The minimum atomic E-state index is -0.500. The van der Waals surface area contributed by atoms with E-state index in [0.29, 0.717) is 9.75 Å². The normalized spacial score (nSPS) is 10.3. The average Bonchev–Trinajstić information content (AvgIpc) is 2.74. The van der Waals surface area contributed by atoms with Gasteiger partial charge in [0.05, 0.1) is 12.0 Å².